The molecule has 0 aromatic carbocycles. The summed E-state index contributed by atoms with van der Waals surface area (Å²) in [5.74, 6) is 0.0537. The number of nitrogens with zero attached hydrogens (tertiary/aromatic N) is 2. The molecule has 1 aliphatic rings. The van der Waals surface area contributed by atoms with Crippen molar-refractivity contribution in [3.63, 3.8) is 0 Å². The Balaban J connectivity index is 2.10. The molecule has 1 aromatic heterocycles. The molecule has 2 rings (SSSR count). The molecule has 0 saturated carbocycles. The second-order valence-electron chi connectivity index (χ2n) is 5.87. The molecule has 3 nitrogen and oxygen atoms in total. The third-order valence-electron chi connectivity index (χ3n) is 3.41. The van der Waals surface area contributed by atoms with Crippen LogP contribution >= 0.6 is 15.9 Å². The van der Waals surface area contributed by atoms with Gasteiger partial charge in [-0.05, 0) is 33.8 Å². The summed E-state index contributed by atoms with van der Waals surface area (Å²) in [4.78, 5) is 18.3. The van der Waals surface area contributed by atoms with E-state index in [0.29, 0.717) is 12.1 Å². The van der Waals surface area contributed by atoms with Gasteiger partial charge in [-0.2, -0.15) is 0 Å². The number of rotatable bonds is 1. The fraction of sp³-hybridized carbons (Fsp3) is 0.467. The van der Waals surface area contributed by atoms with Crippen LogP contribution in [0.25, 0.3) is 0 Å². The molecule has 1 aliphatic heterocycles. The molecule has 4 heteroatoms. The molecule has 0 unspecified atom stereocenters. The van der Waals surface area contributed by atoms with Crippen molar-refractivity contribution in [2.75, 3.05) is 13.1 Å². The number of carbonyl (C=O) groups excluding carboxylic acids is 1. The molecule has 0 atom stereocenters. The molecule has 1 amide bonds. The van der Waals surface area contributed by atoms with E-state index in [4.69, 9.17) is 0 Å². The Kier molecular flexibility index (Phi) is 4.09. The van der Waals surface area contributed by atoms with Gasteiger partial charge in [0.1, 0.15) is 0 Å². The van der Waals surface area contributed by atoms with Gasteiger partial charge < -0.3 is 4.90 Å². The van der Waals surface area contributed by atoms with Crippen LogP contribution in [0, 0.1) is 5.41 Å². The Morgan fingerprint density at radius 3 is 2.63 bits per heavy atom. The minimum absolute atomic E-state index is 0.0537. The number of hydrogen-bond acceptors (Lipinski definition) is 2. The summed E-state index contributed by atoms with van der Waals surface area (Å²) in [6.07, 6.45) is 6.45. The van der Waals surface area contributed by atoms with E-state index in [9.17, 15) is 4.79 Å². The number of pyridine rings is 1. The highest BCUT2D eigenvalue weighted by Crippen LogP contribution is 2.30. The van der Waals surface area contributed by atoms with Gasteiger partial charge in [0.05, 0.1) is 5.56 Å². The lowest BCUT2D eigenvalue weighted by Gasteiger charge is -2.32. The number of hydrogen-bond donors (Lipinski definition) is 0. The van der Waals surface area contributed by atoms with Crippen molar-refractivity contribution in [1.82, 2.24) is 9.88 Å². The molecule has 1 aromatic rings. The summed E-state index contributed by atoms with van der Waals surface area (Å²) in [6.45, 7) is 8.13. The molecule has 0 bridgehead atoms. The smallest absolute Gasteiger partial charge is 0.255 e. The van der Waals surface area contributed by atoms with E-state index in [1.165, 1.54) is 5.57 Å². The number of halogens is 1. The molecular formula is C15H19BrN2O. The predicted molar refractivity (Wildman–Crippen MR) is 80.0 cm³/mol. The maximum Gasteiger partial charge on any atom is 0.255 e. The average Bonchev–Trinajstić information content (AvgIpc) is 2.37. The molecule has 0 aliphatic carbocycles. The Morgan fingerprint density at radius 2 is 2.11 bits per heavy atom. The van der Waals surface area contributed by atoms with Gasteiger partial charge in [-0.25, -0.2) is 0 Å². The molecule has 0 fully saturated rings. The monoisotopic (exact) mass is 322 g/mol. The van der Waals surface area contributed by atoms with Crippen molar-refractivity contribution in [2.45, 2.75) is 27.2 Å². The van der Waals surface area contributed by atoms with Crippen LogP contribution in [-0.2, 0) is 0 Å². The average molecular weight is 323 g/mol. The Bertz CT molecular complexity index is 517. The molecule has 0 N–H and O–H groups in total. The second kappa shape index (κ2) is 5.45. The standard InChI is InChI=1S/C15H19BrN2O/c1-15(2,3)12-4-6-18(7-5-12)14(19)11-8-13(16)10-17-9-11/h4,8-10H,5-7H2,1-3H3. The third kappa shape index (κ3) is 3.44. The summed E-state index contributed by atoms with van der Waals surface area (Å²) in [5, 5.41) is 0. The first-order valence-electron chi connectivity index (χ1n) is 6.47. The maximum atomic E-state index is 12.3. The van der Waals surface area contributed by atoms with Crippen molar-refractivity contribution in [3.8, 4) is 0 Å². The lowest BCUT2D eigenvalue weighted by atomic mass is 9.83. The van der Waals surface area contributed by atoms with E-state index in [1.54, 1.807) is 12.4 Å². The Morgan fingerprint density at radius 1 is 1.37 bits per heavy atom. The van der Waals surface area contributed by atoms with Crippen LogP contribution in [0.1, 0.15) is 37.6 Å². The summed E-state index contributed by atoms with van der Waals surface area (Å²) in [7, 11) is 0. The first-order valence-corrected chi connectivity index (χ1v) is 7.26. The van der Waals surface area contributed by atoms with Gasteiger partial charge in [0.15, 0.2) is 0 Å². The van der Waals surface area contributed by atoms with Crippen molar-refractivity contribution in [1.29, 1.82) is 0 Å². The first-order chi connectivity index (χ1) is 8.88. The third-order valence-corrected chi connectivity index (χ3v) is 3.85. The maximum absolute atomic E-state index is 12.3. The van der Waals surface area contributed by atoms with Gasteiger partial charge in [0, 0.05) is 30.0 Å². The predicted octanol–water partition coefficient (Wildman–Crippen LogP) is 3.66. The SMILES string of the molecule is CC(C)(C)C1=CCN(C(=O)c2cncc(Br)c2)CC1. The van der Waals surface area contributed by atoms with E-state index in [-0.39, 0.29) is 11.3 Å². The van der Waals surface area contributed by atoms with E-state index in [0.717, 1.165) is 17.4 Å². The van der Waals surface area contributed by atoms with Gasteiger partial charge in [-0.15, -0.1) is 0 Å². The van der Waals surface area contributed by atoms with E-state index < -0.39 is 0 Å². The zero-order chi connectivity index (χ0) is 14.0. The van der Waals surface area contributed by atoms with E-state index >= 15 is 0 Å². The van der Waals surface area contributed by atoms with Gasteiger partial charge >= 0.3 is 0 Å². The van der Waals surface area contributed by atoms with Crippen molar-refractivity contribution >= 4 is 21.8 Å². The van der Waals surface area contributed by atoms with Crippen molar-refractivity contribution < 1.29 is 4.79 Å². The topological polar surface area (TPSA) is 33.2 Å². The van der Waals surface area contributed by atoms with Crippen LogP contribution < -0.4 is 0 Å². The van der Waals surface area contributed by atoms with Crippen LogP contribution in [0.4, 0.5) is 0 Å². The van der Waals surface area contributed by atoms with Gasteiger partial charge in [-0.1, -0.05) is 32.4 Å². The summed E-state index contributed by atoms with van der Waals surface area (Å²) in [6, 6.07) is 1.82. The number of carbonyl (C=O) groups is 1. The lowest BCUT2D eigenvalue weighted by Crippen LogP contribution is -2.36. The fourth-order valence-corrected chi connectivity index (χ4v) is 2.61. The minimum atomic E-state index is 0.0537. The molecule has 0 spiro atoms. The molecular weight excluding hydrogens is 304 g/mol. The molecule has 0 saturated heterocycles. The van der Waals surface area contributed by atoms with Crippen LogP contribution in [0.15, 0.2) is 34.6 Å². The normalized spacial score (nSPS) is 16.2. The van der Waals surface area contributed by atoms with Crippen LogP contribution in [-0.4, -0.2) is 28.9 Å². The molecule has 0 radical (unpaired) electrons. The number of aromatic nitrogens is 1. The van der Waals surface area contributed by atoms with Crippen LogP contribution in [0.2, 0.25) is 0 Å². The minimum Gasteiger partial charge on any atom is -0.335 e. The highest BCUT2D eigenvalue weighted by atomic mass is 79.9. The lowest BCUT2D eigenvalue weighted by molar-refractivity contribution is 0.0764. The summed E-state index contributed by atoms with van der Waals surface area (Å²) in [5.41, 5.74) is 2.28. The fourth-order valence-electron chi connectivity index (χ4n) is 2.25. The highest BCUT2D eigenvalue weighted by Gasteiger charge is 2.24. The highest BCUT2D eigenvalue weighted by molar-refractivity contribution is 9.10. The molecule has 19 heavy (non-hydrogen) atoms. The zero-order valence-electron chi connectivity index (χ0n) is 11.6. The van der Waals surface area contributed by atoms with Gasteiger partial charge in [-0.3, -0.25) is 9.78 Å². The van der Waals surface area contributed by atoms with E-state index in [1.807, 2.05) is 11.0 Å². The second-order valence-corrected chi connectivity index (χ2v) is 6.79. The Labute approximate surface area is 122 Å². The van der Waals surface area contributed by atoms with Crippen LogP contribution in [0.5, 0.6) is 0 Å². The number of amides is 1. The van der Waals surface area contributed by atoms with Crippen molar-refractivity contribution in [3.05, 3.63) is 40.1 Å². The van der Waals surface area contributed by atoms with Crippen molar-refractivity contribution in [2.24, 2.45) is 5.41 Å². The van der Waals surface area contributed by atoms with Crippen LogP contribution in [0.3, 0.4) is 0 Å². The quantitative estimate of drug-likeness (QED) is 0.739. The summed E-state index contributed by atoms with van der Waals surface area (Å²) < 4.78 is 0.835. The molecule has 102 valence electrons. The largest absolute Gasteiger partial charge is 0.335 e. The summed E-state index contributed by atoms with van der Waals surface area (Å²) >= 11 is 3.34. The van der Waals surface area contributed by atoms with E-state index in [2.05, 4.69) is 47.8 Å². The van der Waals surface area contributed by atoms with Gasteiger partial charge in [0.2, 0.25) is 0 Å². The molecule has 2 heterocycles. The first kappa shape index (κ1) is 14.3. The Hall–Kier alpha value is -1.16. The zero-order valence-corrected chi connectivity index (χ0v) is 13.2. The van der Waals surface area contributed by atoms with Gasteiger partial charge in [0.25, 0.3) is 5.91 Å².